The highest BCUT2D eigenvalue weighted by atomic mass is 16.6. The normalized spacial score (nSPS) is 19.5. The summed E-state index contributed by atoms with van der Waals surface area (Å²) in [7, 11) is 0. The van der Waals surface area contributed by atoms with Crippen LogP contribution in [-0.4, -0.2) is 33.3 Å². The van der Waals surface area contributed by atoms with Crippen LogP contribution in [-0.2, 0) is 16.1 Å². The van der Waals surface area contributed by atoms with E-state index in [0.29, 0.717) is 18.4 Å². The van der Waals surface area contributed by atoms with Crippen molar-refractivity contribution in [3.05, 3.63) is 68.0 Å². The van der Waals surface area contributed by atoms with Crippen molar-refractivity contribution in [3.63, 3.8) is 0 Å². The predicted molar refractivity (Wildman–Crippen MR) is 91.9 cm³/mol. The number of H-pyrrole nitrogens is 1. The smallest absolute Gasteiger partial charge is 0.338 e. The highest BCUT2D eigenvalue weighted by molar-refractivity contribution is 5.89. The number of hydrogen-bond acceptors (Lipinski definition) is 6. The average molecular weight is 360 g/mol. The lowest BCUT2D eigenvalue weighted by Crippen LogP contribution is -2.39. The van der Waals surface area contributed by atoms with Crippen LogP contribution >= 0.6 is 0 Å². The number of ether oxygens (including phenoxy) is 2. The topological polar surface area (TPSA) is 111 Å². The van der Waals surface area contributed by atoms with E-state index in [4.69, 9.17) is 14.6 Å². The maximum atomic E-state index is 12.2. The number of aromatic amines is 1. The van der Waals surface area contributed by atoms with Gasteiger partial charge in [0.05, 0.1) is 23.8 Å². The molecule has 0 saturated carbocycles. The quantitative estimate of drug-likeness (QED) is 0.766. The van der Waals surface area contributed by atoms with Gasteiger partial charge in [-0.3, -0.25) is 4.79 Å². The molecule has 0 amide bonds. The Kier molecular flexibility index (Phi) is 5.34. The van der Waals surface area contributed by atoms with Gasteiger partial charge in [0.1, 0.15) is 12.8 Å². The molecule has 0 aliphatic carbocycles. The van der Waals surface area contributed by atoms with Crippen LogP contribution in [0.2, 0.25) is 0 Å². The van der Waals surface area contributed by atoms with Crippen molar-refractivity contribution in [1.29, 1.82) is 0 Å². The standard InChI is InChI=1S/C18H20N2O6/c1-11-2-4-12(5-3-11)17(23)25-10-14-6-7-15(26-14)20-16(22)13(9-21)8-19-18(20)24/h2-5,8,14-15,21H,6-7,9-10H2,1H3,(H,19,24)/t14-,15+/m0/s1. The summed E-state index contributed by atoms with van der Waals surface area (Å²) in [5.41, 5.74) is 0.397. The molecule has 26 heavy (non-hydrogen) atoms. The first-order chi connectivity index (χ1) is 12.5. The molecule has 0 spiro atoms. The molecule has 3 rings (SSSR count). The summed E-state index contributed by atoms with van der Waals surface area (Å²) in [6.07, 6.45) is 1.02. The lowest BCUT2D eigenvalue weighted by atomic mass is 10.1. The maximum Gasteiger partial charge on any atom is 0.338 e. The molecule has 1 aromatic heterocycles. The Balaban J connectivity index is 1.63. The zero-order chi connectivity index (χ0) is 18.7. The van der Waals surface area contributed by atoms with E-state index < -0.39 is 36.2 Å². The molecule has 1 aromatic carbocycles. The molecule has 0 bridgehead atoms. The Labute approximate surface area is 149 Å². The molecule has 2 aromatic rings. The average Bonchev–Trinajstić information content (AvgIpc) is 3.09. The molecule has 0 radical (unpaired) electrons. The number of nitrogens with zero attached hydrogens (tertiary/aromatic N) is 1. The molecule has 2 heterocycles. The number of benzene rings is 1. The second-order valence-electron chi connectivity index (χ2n) is 6.21. The van der Waals surface area contributed by atoms with Crippen LogP contribution in [0.15, 0.2) is 40.1 Å². The molecule has 2 atom stereocenters. The van der Waals surface area contributed by atoms with Crippen molar-refractivity contribution in [2.45, 2.75) is 38.7 Å². The number of nitrogens with one attached hydrogen (secondary N) is 1. The fraction of sp³-hybridized carbons (Fsp3) is 0.389. The molecular formula is C18H20N2O6. The zero-order valence-corrected chi connectivity index (χ0v) is 14.3. The molecular weight excluding hydrogens is 340 g/mol. The summed E-state index contributed by atoms with van der Waals surface area (Å²) < 4.78 is 11.9. The number of esters is 1. The molecule has 1 aliphatic heterocycles. The van der Waals surface area contributed by atoms with Crippen molar-refractivity contribution in [2.24, 2.45) is 0 Å². The van der Waals surface area contributed by atoms with Crippen LogP contribution in [0.25, 0.3) is 0 Å². The van der Waals surface area contributed by atoms with Gasteiger partial charge in [-0.05, 0) is 31.9 Å². The first-order valence-corrected chi connectivity index (χ1v) is 8.33. The number of rotatable bonds is 5. The van der Waals surface area contributed by atoms with Gasteiger partial charge in [-0.15, -0.1) is 0 Å². The Morgan fingerprint density at radius 3 is 2.73 bits per heavy atom. The van der Waals surface area contributed by atoms with Gasteiger partial charge >= 0.3 is 11.7 Å². The van der Waals surface area contributed by atoms with E-state index in [1.165, 1.54) is 6.20 Å². The Hall–Kier alpha value is -2.71. The Morgan fingerprint density at radius 1 is 1.31 bits per heavy atom. The van der Waals surface area contributed by atoms with Gasteiger partial charge in [0, 0.05) is 6.20 Å². The lowest BCUT2D eigenvalue weighted by molar-refractivity contribution is -0.0353. The summed E-state index contributed by atoms with van der Waals surface area (Å²) in [6.45, 7) is 1.49. The third kappa shape index (κ3) is 3.76. The van der Waals surface area contributed by atoms with Crippen LogP contribution in [0, 0.1) is 6.92 Å². The minimum atomic E-state index is -0.749. The zero-order valence-electron chi connectivity index (χ0n) is 14.3. The number of aliphatic hydroxyl groups is 1. The van der Waals surface area contributed by atoms with Gasteiger partial charge in [0.2, 0.25) is 0 Å². The molecule has 8 nitrogen and oxygen atoms in total. The first kappa shape index (κ1) is 18.1. The van der Waals surface area contributed by atoms with E-state index in [2.05, 4.69) is 4.98 Å². The van der Waals surface area contributed by atoms with Crippen LogP contribution in [0.5, 0.6) is 0 Å². The fourth-order valence-electron chi connectivity index (χ4n) is 2.84. The number of carbonyl (C=O) groups is 1. The van der Waals surface area contributed by atoms with Crippen molar-refractivity contribution in [1.82, 2.24) is 9.55 Å². The van der Waals surface area contributed by atoms with Crippen LogP contribution < -0.4 is 11.2 Å². The monoisotopic (exact) mass is 360 g/mol. The van der Waals surface area contributed by atoms with E-state index >= 15 is 0 Å². The highest BCUT2D eigenvalue weighted by Crippen LogP contribution is 2.26. The van der Waals surface area contributed by atoms with E-state index in [-0.39, 0.29) is 12.2 Å². The fourth-order valence-corrected chi connectivity index (χ4v) is 2.84. The van der Waals surface area contributed by atoms with Gasteiger partial charge in [0.15, 0.2) is 0 Å². The largest absolute Gasteiger partial charge is 0.459 e. The van der Waals surface area contributed by atoms with Crippen molar-refractivity contribution in [2.75, 3.05) is 6.61 Å². The summed E-state index contributed by atoms with van der Waals surface area (Å²) in [6, 6.07) is 7.03. The van der Waals surface area contributed by atoms with E-state index in [1.54, 1.807) is 12.1 Å². The third-order valence-electron chi connectivity index (χ3n) is 4.31. The van der Waals surface area contributed by atoms with Gasteiger partial charge < -0.3 is 19.6 Å². The van der Waals surface area contributed by atoms with Crippen LogP contribution in [0.4, 0.5) is 0 Å². The SMILES string of the molecule is Cc1ccc(C(=O)OC[C@@H]2CC[C@H](n3c(=O)[nH]cc(CO)c3=O)O2)cc1. The predicted octanol–water partition coefficient (Wildman–Crippen LogP) is 0.872. The summed E-state index contributed by atoms with van der Waals surface area (Å²) in [5, 5.41) is 9.17. The van der Waals surface area contributed by atoms with E-state index in [0.717, 1.165) is 10.1 Å². The number of aliphatic hydroxyl groups excluding tert-OH is 1. The molecule has 138 valence electrons. The first-order valence-electron chi connectivity index (χ1n) is 8.33. The number of aryl methyl sites for hydroxylation is 1. The number of aromatic nitrogens is 2. The third-order valence-corrected chi connectivity index (χ3v) is 4.31. The molecule has 8 heteroatoms. The second kappa shape index (κ2) is 7.67. The summed E-state index contributed by atoms with van der Waals surface area (Å²) >= 11 is 0. The van der Waals surface area contributed by atoms with Crippen molar-refractivity contribution < 1.29 is 19.4 Å². The van der Waals surface area contributed by atoms with E-state index in [9.17, 15) is 14.4 Å². The van der Waals surface area contributed by atoms with Gasteiger partial charge in [0.25, 0.3) is 5.56 Å². The minimum Gasteiger partial charge on any atom is -0.459 e. The Morgan fingerprint density at radius 2 is 2.04 bits per heavy atom. The van der Waals surface area contributed by atoms with E-state index in [1.807, 2.05) is 19.1 Å². The lowest BCUT2D eigenvalue weighted by Gasteiger charge is -2.16. The number of carbonyl (C=O) groups excluding carboxylic acids is 1. The minimum absolute atomic E-state index is 0.0373. The maximum absolute atomic E-state index is 12.2. The van der Waals surface area contributed by atoms with Crippen molar-refractivity contribution in [3.8, 4) is 0 Å². The molecule has 1 aliphatic rings. The van der Waals surface area contributed by atoms with Gasteiger partial charge in [-0.1, -0.05) is 17.7 Å². The number of hydrogen-bond donors (Lipinski definition) is 2. The second-order valence-corrected chi connectivity index (χ2v) is 6.21. The van der Waals surface area contributed by atoms with Crippen molar-refractivity contribution >= 4 is 5.97 Å². The molecule has 1 saturated heterocycles. The molecule has 1 fully saturated rings. The summed E-state index contributed by atoms with van der Waals surface area (Å²) in [4.78, 5) is 38.6. The van der Waals surface area contributed by atoms with Gasteiger partial charge in [-0.2, -0.15) is 0 Å². The highest BCUT2D eigenvalue weighted by Gasteiger charge is 2.30. The van der Waals surface area contributed by atoms with Crippen LogP contribution in [0.1, 0.15) is 40.6 Å². The summed E-state index contributed by atoms with van der Waals surface area (Å²) in [5.74, 6) is -0.450. The molecule has 2 N–H and O–H groups in total. The van der Waals surface area contributed by atoms with Gasteiger partial charge in [-0.25, -0.2) is 14.2 Å². The van der Waals surface area contributed by atoms with Crippen LogP contribution in [0.3, 0.4) is 0 Å². The molecule has 0 unspecified atom stereocenters. The Bertz CT molecular complexity index is 899.